The van der Waals surface area contributed by atoms with Gasteiger partial charge in [0.25, 0.3) is 0 Å². The van der Waals surface area contributed by atoms with Gasteiger partial charge in [0.05, 0.1) is 6.04 Å². The minimum absolute atomic E-state index is 0. The van der Waals surface area contributed by atoms with E-state index in [2.05, 4.69) is 125 Å². The van der Waals surface area contributed by atoms with E-state index in [9.17, 15) is 28.8 Å². The molecule has 2 aromatic rings. The smallest absolute Gasteiger partial charge is 0.245 e. The number of rotatable bonds is 22. The molecule has 21 N–H and O–H groups in total. The van der Waals surface area contributed by atoms with Crippen LogP contribution < -0.4 is 57.3 Å². The molecule has 97 heavy (non-hydrogen) atoms. The van der Waals surface area contributed by atoms with Gasteiger partial charge in [-0.15, -0.1) is 0 Å². The number of aliphatic hydroxyl groups excluding tert-OH is 1. The van der Waals surface area contributed by atoms with Crippen molar-refractivity contribution in [2.24, 2.45) is 64.4 Å². The molecule has 0 radical (unpaired) electrons. The number of Topliss-reactive ketones (excluding diaryl/α,β-unsaturated/α-hetero) is 1. The number of aldehydes is 1. The highest BCUT2D eigenvalue weighted by Gasteiger charge is 2.36. The number of piperidine rings is 1. The van der Waals surface area contributed by atoms with E-state index in [1.165, 1.54) is 53.5 Å². The Bertz CT molecular complexity index is 1800. The highest BCUT2D eigenvalue weighted by Crippen LogP contribution is 2.24. The number of benzene rings is 2. The van der Waals surface area contributed by atoms with Crippen molar-refractivity contribution < 1.29 is 62.6 Å². The molecular weight excluding hydrogens is 1240 g/mol. The number of hydrogen-bond donors (Lipinski definition) is 11. The van der Waals surface area contributed by atoms with Gasteiger partial charge in [0.2, 0.25) is 23.6 Å². The molecular formula is C73H155N11O13. The van der Waals surface area contributed by atoms with Crippen molar-refractivity contribution in [2.45, 2.75) is 240 Å². The first kappa shape index (κ1) is 134. The molecule has 1 aliphatic heterocycles. The fraction of sp³-hybridized carbons (Fsp3) is 0.671. The van der Waals surface area contributed by atoms with E-state index in [1.807, 2.05) is 137 Å². The zero-order chi connectivity index (χ0) is 77.8. The lowest BCUT2D eigenvalue weighted by Crippen LogP contribution is -2.55. The van der Waals surface area contributed by atoms with E-state index in [0.29, 0.717) is 25.4 Å². The Balaban J connectivity index is -0.0000000643. The standard InChI is InChI=1S/C34H54N4O5.C8H10.C6H12O.2C5H12.C3H8O.C2H6.4CH5N.6CH2O.3H3N/c1-8-23(5)27(32(41)37-31(24(6)9-2)34(43)38-18-14-11-15-19-38)21-29(40)28(20-26-16-12-10-13-17-26)36-33(42)30(22(3)4)35-25(7)39;1-2-8-6-4-3-5-7-8;1-6(2)4-3-5-7;2*1-4-5(2)3;1-3(2)4;11*1-2;;;/h10,12-13,16-17,22-24,27-28,30-31H,8-9,11,14-15,18-21H2,1-7H3,(H,35,39)(H,36,42)(H,37,41);3-7H,2H2,1H3;5-6H,3-4H2,1-2H3;2*5H,4H2,1-3H3;3-4H,1-2H3;1-2H3;4*2H2,1H3;6*1H2;3*1H3/t23-,24-,27-,28-,30-,31-;;;;;;;;;;;;;;;;;;;/m0.................../s1. The van der Waals surface area contributed by atoms with E-state index in [-0.39, 0.29) is 78.7 Å². The number of likely N-dealkylation sites (tertiary alicyclic amines) is 1. The second-order valence-corrected chi connectivity index (χ2v) is 21.3. The largest absolute Gasteiger partial charge is 0.394 e. The van der Waals surface area contributed by atoms with Crippen LogP contribution in [-0.4, -0.2) is 152 Å². The van der Waals surface area contributed by atoms with Gasteiger partial charge in [-0.3, -0.25) is 24.0 Å². The van der Waals surface area contributed by atoms with Crippen LogP contribution in [0.25, 0.3) is 0 Å². The van der Waals surface area contributed by atoms with Crippen LogP contribution in [0.2, 0.25) is 0 Å². The summed E-state index contributed by atoms with van der Waals surface area (Å²) >= 11 is 0. The third-order valence-corrected chi connectivity index (χ3v) is 12.6. The number of aryl methyl sites for hydroxylation is 1. The first-order valence-electron chi connectivity index (χ1n) is 32.8. The predicted molar refractivity (Wildman–Crippen MR) is 412 cm³/mol. The van der Waals surface area contributed by atoms with Crippen LogP contribution in [0.3, 0.4) is 0 Å². The molecule has 0 spiro atoms. The molecule has 24 heteroatoms. The van der Waals surface area contributed by atoms with Crippen molar-refractivity contribution in [3.63, 3.8) is 0 Å². The van der Waals surface area contributed by atoms with Crippen molar-refractivity contribution in [1.82, 2.24) is 39.3 Å². The lowest BCUT2D eigenvalue weighted by molar-refractivity contribution is -0.141. The Morgan fingerprint density at radius 1 is 0.505 bits per heavy atom. The summed E-state index contributed by atoms with van der Waals surface area (Å²) in [6, 6.07) is 17.5. The summed E-state index contributed by atoms with van der Waals surface area (Å²) in [6.45, 7) is 53.4. The zero-order valence-electron chi connectivity index (χ0n) is 66.1. The summed E-state index contributed by atoms with van der Waals surface area (Å²) < 4.78 is 0. The van der Waals surface area contributed by atoms with Crippen molar-refractivity contribution in [1.29, 1.82) is 0 Å². The molecule has 24 nitrogen and oxygen atoms in total. The van der Waals surface area contributed by atoms with E-state index in [1.54, 1.807) is 13.8 Å². The third kappa shape index (κ3) is 98.1. The predicted octanol–water partition coefficient (Wildman–Crippen LogP) is 11.1. The van der Waals surface area contributed by atoms with Gasteiger partial charge in [-0.05, 0) is 127 Å². The summed E-state index contributed by atoms with van der Waals surface area (Å²) in [7, 11) is 6.00. The Hall–Kier alpha value is -6.64. The molecule has 3 rings (SSSR count). The highest BCUT2D eigenvalue weighted by molar-refractivity contribution is 5.96. The van der Waals surface area contributed by atoms with Crippen LogP contribution in [0.15, 0.2) is 60.7 Å². The molecule has 4 amide bonds. The van der Waals surface area contributed by atoms with E-state index in [4.69, 9.17) is 33.9 Å². The Morgan fingerprint density at radius 3 is 1.10 bits per heavy atom. The minimum atomic E-state index is -0.885. The fourth-order valence-electron chi connectivity index (χ4n) is 6.68. The maximum Gasteiger partial charge on any atom is 0.245 e. The van der Waals surface area contributed by atoms with Crippen molar-refractivity contribution in [3.8, 4) is 0 Å². The quantitative estimate of drug-likeness (QED) is 0.0488. The lowest BCUT2D eigenvalue weighted by Gasteiger charge is -2.34. The number of nitrogens with two attached hydrogens (primary N) is 4. The average molecular weight is 1400 g/mol. The Labute approximate surface area is 593 Å². The summed E-state index contributed by atoms with van der Waals surface area (Å²) in [5.41, 5.74) is 20.3. The van der Waals surface area contributed by atoms with E-state index < -0.39 is 30.0 Å². The topological polar surface area (TPSA) is 473 Å². The molecule has 2 aromatic carbocycles. The molecule has 1 fully saturated rings. The number of nitrogens with zero attached hydrogens (tertiary/aromatic N) is 1. The second kappa shape index (κ2) is 114. The Kier molecular flexibility index (Phi) is 157. The average Bonchev–Trinajstić information content (AvgIpc) is 1.06. The molecule has 0 saturated carbocycles. The SMILES string of the molecule is C=O.C=O.C=O.C=O.C=O.C=O.CC.CC(C)CCC=O.CC(C)O.CCC(C)C.CCC(C)C.CC[C@H](C)[C@H](CC(=O)[C@H](Cc1ccccc1)NC(=O)[C@@H](NC(C)=O)C(C)C)C(=O)N[C@H](C(=O)N1CCCCC1)[C@@H](C)CC.CCc1ccccc1.CN.CN.CN.CN.N.N.N. The van der Waals surface area contributed by atoms with Gasteiger partial charge in [-0.1, -0.05) is 204 Å². The molecule has 1 aliphatic rings. The molecule has 0 unspecified atom stereocenters. The molecule has 0 aliphatic carbocycles. The van der Waals surface area contributed by atoms with Crippen LogP contribution in [0, 0.1) is 41.4 Å². The van der Waals surface area contributed by atoms with Gasteiger partial charge in [-0.2, -0.15) is 0 Å². The molecule has 0 aromatic heterocycles. The van der Waals surface area contributed by atoms with Gasteiger partial charge >= 0.3 is 0 Å². The monoisotopic (exact) mass is 1390 g/mol. The van der Waals surface area contributed by atoms with Crippen molar-refractivity contribution in [2.75, 3.05) is 41.3 Å². The van der Waals surface area contributed by atoms with Gasteiger partial charge < -0.3 is 101 Å². The second-order valence-electron chi connectivity index (χ2n) is 21.3. The van der Waals surface area contributed by atoms with Crippen LogP contribution in [-0.2, 0) is 70.4 Å². The van der Waals surface area contributed by atoms with Gasteiger partial charge in [-0.25, -0.2) is 0 Å². The molecule has 1 heterocycles. The molecule has 580 valence electrons. The first-order valence-corrected chi connectivity index (χ1v) is 32.8. The number of nitrogens with one attached hydrogen (secondary N) is 3. The van der Waals surface area contributed by atoms with Crippen molar-refractivity contribution in [3.05, 3.63) is 71.8 Å². The summed E-state index contributed by atoms with van der Waals surface area (Å²) in [4.78, 5) is 126. The van der Waals surface area contributed by atoms with E-state index in [0.717, 1.165) is 68.6 Å². The number of carbonyl (C=O) groups is 12. The number of aliphatic hydroxyl groups is 1. The maximum atomic E-state index is 13.9. The summed E-state index contributed by atoms with van der Waals surface area (Å²) in [6.07, 6.45) is 10.9. The highest BCUT2D eigenvalue weighted by atomic mass is 16.3. The Morgan fingerprint density at radius 2 is 0.845 bits per heavy atom. The van der Waals surface area contributed by atoms with Crippen LogP contribution >= 0.6 is 0 Å². The summed E-state index contributed by atoms with van der Waals surface area (Å²) in [5, 5.41) is 16.7. The molecule has 6 atom stereocenters. The maximum absolute atomic E-state index is 13.9. The lowest BCUT2D eigenvalue weighted by atomic mass is 9.83. The normalized spacial score (nSPS) is 11.2. The first-order chi connectivity index (χ1) is 44.9. The van der Waals surface area contributed by atoms with Crippen LogP contribution in [0.5, 0.6) is 0 Å². The number of carbonyl (C=O) groups excluding carboxylic acids is 12. The van der Waals surface area contributed by atoms with Gasteiger partial charge in [0.15, 0.2) is 5.78 Å². The van der Waals surface area contributed by atoms with Gasteiger partial charge in [0.1, 0.15) is 59.1 Å². The third-order valence-electron chi connectivity index (χ3n) is 12.6. The van der Waals surface area contributed by atoms with Crippen molar-refractivity contribution >= 4 is 76.4 Å². The van der Waals surface area contributed by atoms with Gasteiger partial charge in [0, 0.05) is 44.9 Å². The fourth-order valence-corrected chi connectivity index (χ4v) is 6.68. The molecule has 1 saturated heterocycles. The van der Waals surface area contributed by atoms with Crippen LogP contribution in [0.1, 0.15) is 214 Å². The van der Waals surface area contributed by atoms with E-state index >= 15 is 0 Å². The molecule has 0 bridgehead atoms. The zero-order valence-corrected chi connectivity index (χ0v) is 66.1. The minimum Gasteiger partial charge on any atom is -0.394 e. The summed E-state index contributed by atoms with van der Waals surface area (Å²) in [5.74, 6) is 0.0254. The number of hydrogen-bond acceptors (Lipinski definition) is 20. The van der Waals surface area contributed by atoms with Crippen LogP contribution in [0.4, 0.5) is 0 Å². The number of ketones is 1. The number of amides is 4.